The Kier molecular flexibility index (Phi) is 6.92. The molecule has 0 aliphatic rings. The number of fused-ring (bicyclic) bond motifs is 1. The fourth-order valence-corrected chi connectivity index (χ4v) is 3.85. The summed E-state index contributed by atoms with van der Waals surface area (Å²) in [7, 11) is 0. The molecule has 33 heavy (non-hydrogen) atoms. The van der Waals surface area contributed by atoms with E-state index in [2.05, 4.69) is 30.3 Å². The van der Waals surface area contributed by atoms with Gasteiger partial charge in [-0.1, -0.05) is 66.2 Å². The summed E-state index contributed by atoms with van der Waals surface area (Å²) in [5.41, 5.74) is 2.03. The van der Waals surface area contributed by atoms with Crippen LogP contribution < -0.4 is 9.47 Å². The monoisotopic (exact) mass is 457 g/mol. The molecule has 0 radical (unpaired) electrons. The van der Waals surface area contributed by atoms with Gasteiger partial charge in [0.2, 0.25) is 0 Å². The lowest BCUT2D eigenvalue weighted by Gasteiger charge is -2.15. The van der Waals surface area contributed by atoms with Gasteiger partial charge < -0.3 is 9.47 Å². The highest BCUT2D eigenvalue weighted by Gasteiger charge is 2.14. The van der Waals surface area contributed by atoms with Gasteiger partial charge in [-0.25, -0.2) is 4.39 Å². The fourth-order valence-electron chi connectivity index (χ4n) is 3.57. The molecule has 0 N–H and O–H groups in total. The zero-order valence-corrected chi connectivity index (χ0v) is 18.8. The van der Waals surface area contributed by atoms with Crippen LogP contribution in [-0.4, -0.2) is 6.61 Å². The zero-order chi connectivity index (χ0) is 23.2. The smallest absolute Gasteiger partial charge is 0.180 e. The third-order valence-electron chi connectivity index (χ3n) is 5.12. The average molecular weight is 458 g/mol. The minimum Gasteiger partial charge on any atom is -0.490 e. The molecule has 0 fully saturated rings. The molecular formula is C28H21ClFNO2. The van der Waals surface area contributed by atoms with Crippen molar-refractivity contribution >= 4 is 34.0 Å². The lowest BCUT2D eigenvalue weighted by molar-refractivity contribution is 0.269. The number of benzene rings is 4. The van der Waals surface area contributed by atoms with Crippen LogP contribution in [0.15, 0.2) is 78.9 Å². The highest BCUT2D eigenvalue weighted by atomic mass is 35.5. The number of rotatable bonds is 7. The Morgan fingerprint density at radius 1 is 0.970 bits per heavy atom. The topological polar surface area (TPSA) is 42.2 Å². The van der Waals surface area contributed by atoms with Gasteiger partial charge in [0.25, 0.3) is 0 Å². The van der Waals surface area contributed by atoms with E-state index in [1.807, 2.05) is 25.1 Å². The van der Waals surface area contributed by atoms with Gasteiger partial charge >= 0.3 is 0 Å². The second-order valence-corrected chi connectivity index (χ2v) is 7.79. The second-order valence-electron chi connectivity index (χ2n) is 7.38. The summed E-state index contributed by atoms with van der Waals surface area (Å²) in [5.74, 6) is 0.424. The summed E-state index contributed by atoms with van der Waals surface area (Å²) in [5, 5.41) is 12.2. The van der Waals surface area contributed by atoms with Gasteiger partial charge in [-0.2, -0.15) is 5.26 Å². The maximum atomic E-state index is 14.2. The summed E-state index contributed by atoms with van der Waals surface area (Å²) < 4.78 is 26.0. The highest BCUT2D eigenvalue weighted by molar-refractivity contribution is 6.32. The number of hydrogen-bond acceptors (Lipinski definition) is 3. The molecule has 0 aliphatic heterocycles. The molecule has 0 bridgehead atoms. The highest BCUT2D eigenvalue weighted by Crippen LogP contribution is 2.38. The van der Waals surface area contributed by atoms with E-state index in [0.717, 1.165) is 16.3 Å². The Labute approximate surface area is 197 Å². The Bertz CT molecular complexity index is 1370. The summed E-state index contributed by atoms with van der Waals surface area (Å²) in [6.45, 7) is 2.59. The Balaban J connectivity index is 1.64. The first-order valence-corrected chi connectivity index (χ1v) is 10.9. The third kappa shape index (κ3) is 5.16. The van der Waals surface area contributed by atoms with Crippen molar-refractivity contribution < 1.29 is 13.9 Å². The minimum atomic E-state index is -0.461. The summed E-state index contributed by atoms with van der Waals surface area (Å²) in [4.78, 5) is 0. The molecule has 4 rings (SSSR count). The van der Waals surface area contributed by atoms with Crippen LogP contribution in [-0.2, 0) is 6.61 Å². The maximum Gasteiger partial charge on any atom is 0.180 e. The molecule has 0 aliphatic carbocycles. The van der Waals surface area contributed by atoms with Crippen LogP contribution in [0.25, 0.3) is 22.4 Å². The van der Waals surface area contributed by atoms with Crippen LogP contribution in [0.1, 0.15) is 23.6 Å². The lowest BCUT2D eigenvalue weighted by Crippen LogP contribution is -2.01. The molecule has 4 aromatic rings. The van der Waals surface area contributed by atoms with E-state index < -0.39 is 5.82 Å². The molecule has 4 aromatic carbocycles. The molecule has 0 saturated heterocycles. The second kappa shape index (κ2) is 10.2. The van der Waals surface area contributed by atoms with Crippen molar-refractivity contribution in [3.63, 3.8) is 0 Å². The minimum absolute atomic E-state index is 0.191. The predicted octanol–water partition coefficient (Wildman–Crippen LogP) is 7.67. The van der Waals surface area contributed by atoms with Crippen molar-refractivity contribution in [3.05, 3.63) is 106 Å². The van der Waals surface area contributed by atoms with E-state index in [1.165, 1.54) is 6.07 Å². The Morgan fingerprint density at radius 2 is 1.73 bits per heavy atom. The molecule has 0 unspecified atom stereocenters. The van der Waals surface area contributed by atoms with E-state index in [9.17, 15) is 9.65 Å². The third-order valence-corrected chi connectivity index (χ3v) is 5.40. The molecule has 164 valence electrons. The molecule has 0 atom stereocenters. The van der Waals surface area contributed by atoms with Crippen molar-refractivity contribution in [2.24, 2.45) is 0 Å². The van der Waals surface area contributed by atoms with Gasteiger partial charge in [-0.05, 0) is 59.2 Å². The predicted molar refractivity (Wildman–Crippen MR) is 131 cm³/mol. The standard InChI is InChI=1S/C28H21ClFNO2/c1-2-32-27-16-20(14-23(17-31)24-9-5-6-10-26(24)30)15-25(29)28(27)33-18-19-11-12-21-7-3-4-8-22(21)13-19/h3-16H,2,18H2,1H3. The average Bonchev–Trinajstić information content (AvgIpc) is 2.82. The Morgan fingerprint density at radius 3 is 2.48 bits per heavy atom. The largest absolute Gasteiger partial charge is 0.490 e. The van der Waals surface area contributed by atoms with Crippen LogP contribution in [0.2, 0.25) is 5.02 Å². The molecule has 3 nitrogen and oxygen atoms in total. The first kappa shape index (κ1) is 22.4. The van der Waals surface area contributed by atoms with Crippen LogP contribution in [0.5, 0.6) is 11.5 Å². The van der Waals surface area contributed by atoms with Crippen molar-refractivity contribution in [2.45, 2.75) is 13.5 Å². The molecular weight excluding hydrogens is 437 g/mol. The van der Waals surface area contributed by atoms with Crippen LogP contribution in [0, 0.1) is 17.1 Å². The van der Waals surface area contributed by atoms with E-state index >= 15 is 0 Å². The zero-order valence-electron chi connectivity index (χ0n) is 18.0. The number of halogens is 2. The number of nitriles is 1. The first-order chi connectivity index (χ1) is 16.1. The van der Waals surface area contributed by atoms with Gasteiger partial charge in [0, 0.05) is 5.56 Å². The number of hydrogen-bond donors (Lipinski definition) is 0. The van der Waals surface area contributed by atoms with Gasteiger partial charge in [-0.15, -0.1) is 0 Å². The van der Waals surface area contributed by atoms with E-state index in [4.69, 9.17) is 21.1 Å². The molecule has 0 amide bonds. The van der Waals surface area contributed by atoms with Crippen LogP contribution in [0.4, 0.5) is 4.39 Å². The molecule has 0 aromatic heterocycles. The summed E-state index contributed by atoms with van der Waals surface area (Å²) in [6.07, 6.45) is 1.58. The van der Waals surface area contributed by atoms with Gasteiger partial charge in [0.05, 0.1) is 23.3 Å². The van der Waals surface area contributed by atoms with Crippen molar-refractivity contribution in [2.75, 3.05) is 6.61 Å². The summed E-state index contributed by atoms with van der Waals surface area (Å²) in [6, 6.07) is 25.9. The lowest BCUT2D eigenvalue weighted by atomic mass is 10.0. The first-order valence-electron chi connectivity index (χ1n) is 10.5. The van der Waals surface area contributed by atoms with Crippen molar-refractivity contribution in [1.82, 2.24) is 0 Å². The number of ether oxygens (including phenoxy) is 2. The maximum absolute atomic E-state index is 14.2. The SMILES string of the molecule is CCOc1cc(C=C(C#N)c2ccccc2F)cc(Cl)c1OCc1ccc2ccccc2c1. The molecule has 5 heteroatoms. The van der Waals surface area contributed by atoms with Crippen LogP contribution >= 0.6 is 11.6 Å². The Hall–Kier alpha value is -3.81. The van der Waals surface area contributed by atoms with Gasteiger partial charge in [0.1, 0.15) is 12.4 Å². The van der Waals surface area contributed by atoms with Crippen LogP contribution in [0.3, 0.4) is 0 Å². The van der Waals surface area contributed by atoms with E-state index in [0.29, 0.717) is 35.3 Å². The number of allylic oxidation sites excluding steroid dienone is 1. The quantitative estimate of drug-likeness (QED) is 0.211. The molecule has 0 saturated carbocycles. The van der Waals surface area contributed by atoms with Gasteiger partial charge in [-0.3, -0.25) is 0 Å². The fraction of sp³-hybridized carbons (Fsp3) is 0.107. The molecule has 0 spiro atoms. The molecule has 0 heterocycles. The van der Waals surface area contributed by atoms with E-state index in [1.54, 1.807) is 36.4 Å². The normalized spacial score (nSPS) is 11.3. The number of nitrogens with zero attached hydrogens (tertiary/aromatic N) is 1. The van der Waals surface area contributed by atoms with Crippen molar-refractivity contribution in [1.29, 1.82) is 5.26 Å². The van der Waals surface area contributed by atoms with Crippen molar-refractivity contribution in [3.8, 4) is 17.6 Å². The van der Waals surface area contributed by atoms with Gasteiger partial charge in [0.15, 0.2) is 11.5 Å². The van der Waals surface area contributed by atoms with E-state index in [-0.39, 0.29) is 11.1 Å². The summed E-state index contributed by atoms with van der Waals surface area (Å²) >= 11 is 6.54.